The highest BCUT2D eigenvalue weighted by Gasteiger charge is 2.46. The fourth-order valence-electron chi connectivity index (χ4n) is 3.91. The van der Waals surface area contributed by atoms with Crippen LogP contribution < -0.4 is 14.2 Å². The van der Waals surface area contributed by atoms with Gasteiger partial charge in [-0.1, -0.05) is 6.07 Å². The summed E-state index contributed by atoms with van der Waals surface area (Å²) >= 11 is 0. The molecule has 1 amide bonds. The second-order valence-electron chi connectivity index (χ2n) is 8.60. The van der Waals surface area contributed by atoms with Crippen molar-refractivity contribution in [3.63, 3.8) is 0 Å². The van der Waals surface area contributed by atoms with Crippen molar-refractivity contribution in [1.82, 2.24) is 9.80 Å². The second-order valence-corrected chi connectivity index (χ2v) is 8.60. The molecule has 1 unspecified atom stereocenters. The van der Waals surface area contributed by atoms with Crippen molar-refractivity contribution < 1.29 is 28.9 Å². The number of hydrogen-bond donors (Lipinski definition) is 1. The molecule has 1 aliphatic heterocycles. The zero-order valence-corrected chi connectivity index (χ0v) is 20.5. The minimum absolute atomic E-state index is 0.00604. The van der Waals surface area contributed by atoms with Gasteiger partial charge in [-0.05, 0) is 69.9 Å². The number of hydrogen-bond acceptors (Lipinski definition) is 7. The van der Waals surface area contributed by atoms with Crippen molar-refractivity contribution in [3.05, 3.63) is 59.2 Å². The molecule has 0 aliphatic carbocycles. The van der Waals surface area contributed by atoms with Gasteiger partial charge in [0.1, 0.15) is 11.5 Å². The minimum Gasteiger partial charge on any atom is -0.507 e. The lowest BCUT2D eigenvalue weighted by atomic mass is 9.95. The van der Waals surface area contributed by atoms with Gasteiger partial charge in [0.25, 0.3) is 11.7 Å². The van der Waals surface area contributed by atoms with Crippen molar-refractivity contribution >= 4 is 17.4 Å². The maximum Gasteiger partial charge on any atom is 0.295 e. The number of nitrogens with zero attached hydrogens (tertiary/aromatic N) is 2. The third-order valence-corrected chi connectivity index (χ3v) is 5.55. The molecule has 0 spiro atoms. The molecule has 1 heterocycles. The van der Waals surface area contributed by atoms with E-state index in [-0.39, 0.29) is 17.4 Å². The molecule has 8 heteroatoms. The first-order valence-corrected chi connectivity index (χ1v) is 11.1. The van der Waals surface area contributed by atoms with Gasteiger partial charge in [-0.15, -0.1) is 0 Å². The summed E-state index contributed by atoms with van der Waals surface area (Å²) in [6, 6.07) is 11.2. The quantitative estimate of drug-likeness (QED) is 0.342. The number of aliphatic hydroxyl groups is 1. The van der Waals surface area contributed by atoms with Gasteiger partial charge < -0.3 is 29.1 Å². The first kappa shape index (κ1) is 25.1. The lowest BCUT2D eigenvalue weighted by molar-refractivity contribution is -0.140. The van der Waals surface area contributed by atoms with Crippen molar-refractivity contribution in [1.29, 1.82) is 0 Å². The molecule has 3 rings (SSSR count). The Morgan fingerprint density at radius 2 is 1.68 bits per heavy atom. The monoisotopic (exact) mass is 468 g/mol. The molecule has 1 N–H and O–H groups in total. The number of likely N-dealkylation sites (N-methyl/N-ethyl adjacent to an activating group) is 1. The topological polar surface area (TPSA) is 88.5 Å². The van der Waals surface area contributed by atoms with Gasteiger partial charge in [-0.25, -0.2) is 0 Å². The molecular formula is C26H32N2O6. The molecule has 1 saturated heterocycles. The molecule has 182 valence electrons. The molecule has 0 radical (unpaired) electrons. The highest BCUT2D eigenvalue weighted by Crippen LogP contribution is 2.42. The SMILES string of the molecule is COc1ccc(C2/C(=C(\O)c3ccc(OC(C)C)cc3)C(=O)C(=O)N2CCN(C)C)cc1OC. The Balaban J connectivity index is 2.12. The van der Waals surface area contributed by atoms with E-state index in [9.17, 15) is 14.7 Å². The first-order chi connectivity index (χ1) is 16.2. The predicted molar refractivity (Wildman–Crippen MR) is 129 cm³/mol. The van der Waals surface area contributed by atoms with Gasteiger partial charge in [-0.3, -0.25) is 9.59 Å². The van der Waals surface area contributed by atoms with E-state index in [2.05, 4.69) is 0 Å². The molecule has 2 aromatic rings. The third kappa shape index (κ3) is 5.17. The molecule has 8 nitrogen and oxygen atoms in total. The molecule has 1 aliphatic rings. The Bertz CT molecular complexity index is 1080. The Hall–Kier alpha value is -3.52. The van der Waals surface area contributed by atoms with E-state index in [1.807, 2.05) is 32.8 Å². The van der Waals surface area contributed by atoms with Crippen LogP contribution in [-0.4, -0.2) is 74.1 Å². The van der Waals surface area contributed by atoms with Gasteiger partial charge in [0.15, 0.2) is 11.5 Å². The van der Waals surface area contributed by atoms with E-state index in [4.69, 9.17) is 14.2 Å². The maximum absolute atomic E-state index is 13.1. The van der Waals surface area contributed by atoms with E-state index in [0.717, 1.165) is 0 Å². The van der Waals surface area contributed by atoms with Crippen molar-refractivity contribution in [2.75, 3.05) is 41.4 Å². The summed E-state index contributed by atoms with van der Waals surface area (Å²) in [6.07, 6.45) is 0.00604. The number of benzene rings is 2. The van der Waals surface area contributed by atoms with Gasteiger partial charge >= 0.3 is 0 Å². The summed E-state index contributed by atoms with van der Waals surface area (Å²) in [5, 5.41) is 11.2. The fraction of sp³-hybridized carbons (Fsp3) is 0.385. The summed E-state index contributed by atoms with van der Waals surface area (Å²) < 4.78 is 16.4. The van der Waals surface area contributed by atoms with Crippen LogP contribution in [0.4, 0.5) is 0 Å². The molecule has 1 atom stereocenters. The lowest BCUT2D eigenvalue weighted by Crippen LogP contribution is -2.35. The normalized spacial score (nSPS) is 17.5. The summed E-state index contributed by atoms with van der Waals surface area (Å²) in [7, 11) is 6.84. The average Bonchev–Trinajstić information content (AvgIpc) is 3.06. The van der Waals surface area contributed by atoms with Crippen molar-refractivity contribution in [2.24, 2.45) is 0 Å². The zero-order valence-electron chi connectivity index (χ0n) is 20.5. The maximum atomic E-state index is 13.1. The minimum atomic E-state index is -0.772. The van der Waals surface area contributed by atoms with Crippen LogP contribution in [0.3, 0.4) is 0 Å². The molecule has 34 heavy (non-hydrogen) atoms. The van der Waals surface area contributed by atoms with E-state index in [1.54, 1.807) is 42.5 Å². The molecule has 2 aromatic carbocycles. The number of amides is 1. The van der Waals surface area contributed by atoms with Crippen LogP contribution >= 0.6 is 0 Å². The number of aliphatic hydroxyl groups excluding tert-OH is 1. The number of Topliss-reactive ketones (excluding diaryl/α,β-unsaturated/α-hetero) is 1. The van der Waals surface area contributed by atoms with Gasteiger partial charge in [0.2, 0.25) is 0 Å². The number of carbonyl (C=O) groups is 2. The summed E-state index contributed by atoms with van der Waals surface area (Å²) in [5.74, 6) is 0.0307. The van der Waals surface area contributed by atoms with Gasteiger partial charge in [-0.2, -0.15) is 0 Å². The van der Waals surface area contributed by atoms with Crippen molar-refractivity contribution in [3.8, 4) is 17.2 Å². The predicted octanol–water partition coefficient (Wildman–Crippen LogP) is 3.47. The Kier molecular flexibility index (Phi) is 7.83. The van der Waals surface area contributed by atoms with Crippen LogP contribution in [0.25, 0.3) is 5.76 Å². The highest BCUT2D eigenvalue weighted by atomic mass is 16.5. The third-order valence-electron chi connectivity index (χ3n) is 5.55. The number of likely N-dealkylation sites (tertiary alicyclic amines) is 1. The van der Waals surface area contributed by atoms with E-state index >= 15 is 0 Å². The van der Waals surface area contributed by atoms with Crippen LogP contribution in [-0.2, 0) is 9.59 Å². The van der Waals surface area contributed by atoms with Crippen LogP contribution in [0.15, 0.2) is 48.0 Å². The van der Waals surface area contributed by atoms with E-state index in [1.165, 1.54) is 19.1 Å². The van der Waals surface area contributed by atoms with Crippen molar-refractivity contribution in [2.45, 2.75) is 26.0 Å². The summed E-state index contributed by atoms with van der Waals surface area (Å²) in [5.41, 5.74) is 1.10. The standard InChI is InChI=1S/C26H32N2O6/c1-16(2)34-19-10-7-17(8-11-19)24(29)22-23(18-9-12-20(32-5)21(15-18)33-6)28(14-13-27(3)4)26(31)25(22)30/h7-12,15-16,23,29H,13-14H2,1-6H3/b24-22+. The Labute approximate surface area is 200 Å². The Morgan fingerprint density at radius 3 is 2.24 bits per heavy atom. The Morgan fingerprint density at radius 1 is 1.03 bits per heavy atom. The smallest absolute Gasteiger partial charge is 0.295 e. The molecule has 0 saturated carbocycles. The molecular weight excluding hydrogens is 436 g/mol. The van der Waals surface area contributed by atoms with Gasteiger partial charge in [0, 0.05) is 18.7 Å². The number of carbonyl (C=O) groups excluding carboxylic acids is 2. The van der Waals surface area contributed by atoms with Crippen LogP contribution in [0, 0.1) is 0 Å². The highest BCUT2D eigenvalue weighted by molar-refractivity contribution is 6.46. The molecule has 0 aromatic heterocycles. The largest absolute Gasteiger partial charge is 0.507 e. The van der Waals surface area contributed by atoms with E-state index in [0.29, 0.717) is 41.5 Å². The number of ether oxygens (including phenoxy) is 3. The average molecular weight is 469 g/mol. The van der Waals surface area contributed by atoms with Crippen LogP contribution in [0.1, 0.15) is 31.0 Å². The number of methoxy groups -OCH3 is 2. The van der Waals surface area contributed by atoms with E-state index < -0.39 is 17.7 Å². The zero-order chi connectivity index (χ0) is 25.0. The summed E-state index contributed by atoms with van der Waals surface area (Å²) in [4.78, 5) is 29.6. The lowest BCUT2D eigenvalue weighted by Gasteiger charge is -2.27. The summed E-state index contributed by atoms with van der Waals surface area (Å²) in [6.45, 7) is 4.71. The fourth-order valence-corrected chi connectivity index (χ4v) is 3.91. The number of rotatable bonds is 9. The number of ketones is 1. The van der Waals surface area contributed by atoms with Crippen LogP contribution in [0.2, 0.25) is 0 Å². The second kappa shape index (κ2) is 10.6. The van der Waals surface area contributed by atoms with Crippen LogP contribution in [0.5, 0.6) is 17.2 Å². The van der Waals surface area contributed by atoms with Gasteiger partial charge in [0.05, 0.1) is 31.9 Å². The molecule has 0 bridgehead atoms. The first-order valence-electron chi connectivity index (χ1n) is 11.1. The molecule has 1 fully saturated rings.